The Morgan fingerprint density at radius 1 is 1.23 bits per heavy atom. The molecule has 0 saturated carbocycles. The van der Waals surface area contributed by atoms with Crippen LogP contribution < -0.4 is 10.3 Å². The lowest BCUT2D eigenvalue weighted by Crippen LogP contribution is -2.25. The number of ether oxygens (including phenoxy) is 1. The van der Waals surface area contributed by atoms with Gasteiger partial charge < -0.3 is 9.30 Å². The Hall–Kier alpha value is -2.77. The zero-order valence-corrected chi connectivity index (χ0v) is 11.3. The second-order valence-corrected chi connectivity index (χ2v) is 4.62. The number of rotatable bonds is 2. The van der Waals surface area contributed by atoms with E-state index < -0.39 is 17.3 Å². The summed E-state index contributed by atoms with van der Waals surface area (Å²) >= 11 is 0. The highest BCUT2D eigenvalue weighted by Crippen LogP contribution is 2.32. The number of fused-ring (bicyclic) bond motifs is 1. The molecule has 2 heterocycles. The van der Waals surface area contributed by atoms with E-state index in [1.807, 2.05) is 5.10 Å². The van der Waals surface area contributed by atoms with Gasteiger partial charge in [0.25, 0.3) is 5.56 Å². The Labute approximate surface area is 121 Å². The Morgan fingerprint density at radius 3 is 2.64 bits per heavy atom. The summed E-state index contributed by atoms with van der Waals surface area (Å²) in [6.07, 6.45) is -0.815. The molecule has 0 amide bonds. The van der Waals surface area contributed by atoms with Gasteiger partial charge in [-0.05, 0) is 18.2 Å². The number of nitrogens with zero attached hydrogens (tertiary/aromatic N) is 2. The van der Waals surface area contributed by atoms with Gasteiger partial charge in [-0.2, -0.15) is 18.3 Å². The van der Waals surface area contributed by atoms with Crippen LogP contribution in [0.1, 0.15) is 5.56 Å². The third kappa shape index (κ3) is 2.32. The fourth-order valence-corrected chi connectivity index (χ4v) is 2.24. The van der Waals surface area contributed by atoms with Crippen LogP contribution >= 0.6 is 0 Å². The summed E-state index contributed by atoms with van der Waals surface area (Å²) in [6, 6.07) is 5.12. The van der Waals surface area contributed by atoms with E-state index in [4.69, 9.17) is 4.74 Å². The van der Waals surface area contributed by atoms with Gasteiger partial charge in [0.05, 0.1) is 19.0 Å². The van der Waals surface area contributed by atoms with Crippen molar-refractivity contribution in [1.82, 2.24) is 14.8 Å². The normalized spacial score (nSPS) is 11.8. The number of benzene rings is 1. The average molecular weight is 309 g/mol. The van der Waals surface area contributed by atoms with Crippen LogP contribution in [0, 0.1) is 0 Å². The van der Waals surface area contributed by atoms with E-state index in [0.717, 1.165) is 6.20 Å². The molecule has 0 unspecified atom stereocenters. The van der Waals surface area contributed by atoms with Crippen LogP contribution in [-0.2, 0) is 6.18 Å². The molecule has 0 aliphatic carbocycles. The number of aromatic amines is 1. The van der Waals surface area contributed by atoms with Crippen molar-refractivity contribution in [3.05, 3.63) is 52.7 Å². The van der Waals surface area contributed by atoms with Gasteiger partial charge >= 0.3 is 6.18 Å². The lowest BCUT2D eigenvalue weighted by molar-refractivity contribution is -0.138. The molecule has 0 bridgehead atoms. The van der Waals surface area contributed by atoms with Gasteiger partial charge in [-0.1, -0.05) is 0 Å². The van der Waals surface area contributed by atoms with Gasteiger partial charge in [0.2, 0.25) is 0 Å². The molecule has 0 saturated heterocycles. The van der Waals surface area contributed by atoms with E-state index in [1.54, 1.807) is 18.2 Å². The SMILES string of the molecule is COc1ccc2cn(-c3cn[nH]c(=O)c3C(F)(F)F)cc2c1. The highest BCUT2D eigenvalue weighted by molar-refractivity contribution is 5.84. The highest BCUT2D eigenvalue weighted by atomic mass is 19.4. The van der Waals surface area contributed by atoms with Crippen molar-refractivity contribution < 1.29 is 17.9 Å². The molecular weight excluding hydrogens is 299 g/mol. The first-order valence-electron chi connectivity index (χ1n) is 6.21. The summed E-state index contributed by atoms with van der Waals surface area (Å²) in [5.74, 6) is 0.588. The summed E-state index contributed by atoms with van der Waals surface area (Å²) in [4.78, 5) is 11.5. The van der Waals surface area contributed by atoms with E-state index in [9.17, 15) is 18.0 Å². The fourth-order valence-electron chi connectivity index (χ4n) is 2.24. The van der Waals surface area contributed by atoms with Crippen molar-refractivity contribution in [3.63, 3.8) is 0 Å². The molecule has 0 atom stereocenters. The van der Waals surface area contributed by atoms with Crippen molar-refractivity contribution in [1.29, 1.82) is 0 Å². The van der Waals surface area contributed by atoms with Gasteiger partial charge in [-0.25, -0.2) is 5.10 Å². The van der Waals surface area contributed by atoms with Crippen LogP contribution in [-0.4, -0.2) is 21.9 Å². The number of nitrogens with one attached hydrogen (secondary N) is 1. The smallest absolute Gasteiger partial charge is 0.423 e. The fraction of sp³-hybridized carbons (Fsp3) is 0.143. The minimum Gasteiger partial charge on any atom is -0.497 e. The molecule has 0 radical (unpaired) electrons. The molecule has 8 heteroatoms. The summed E-state index contributed by atoms with van der Waals surface area (Å²) in [6.45, 7) is 0. The van der Waals surface area contributed by atoms with Crippen molar-refractivity contribution in [3.8, 4) is 11.4 Å². The van der Waals surface area contributed by atoms with E-state index >= 15 is 0 Å². The first-order valence-corrected chi connectivity index (χ1v) is 6.21. The number of alkyl halides is 3. The Bertz CT molecular complexity index is 896. The molecule has 0 fully saturated rings. The Kier molecular flexibility index (Phi) is 3.16. The van der Waals surface area contributed by atoms with Crippen LogP contribution in [0.4, 0.5) is 13.2 Å². The lowest BCUT2D eigenvalue weighted by Gasteiger charge is -2.11. The van der Waals surface area contributed by atoms with E-state index in [2.05, 4.69) is 5.10 Å². The van der Waals surface area contributed by atoms with Crippen molar-refractivity contribution >= 4 is 10.8 Å². The maximum atomic E-state index is 13.1. The van der Waals surface area contributed by atoms with Gasteiger partial charge in [-0.15, -0.1) is 0 Å². The van der Waals surface area contributed by atoms with Gasteiger partial charge in [0.1, 0.15) is 11.3 Å². The maximum absolute atomic E-state index is 13.1. The number of halogens is 3. The van der Waals surface area contributed by atoms with Crippen molar-refractivity contribution in [2.75, 3.05) is 7.11 Å². The largest absolute Gasteiger partial charge is 0.497 e. The van der Waals surface area contributed by atoms with E-state index in [0.29, 0.717) is 16.5 Å². The predicted octanol–water partition coefficient (Wildman–Crippen LogP) is 2.74. The minimum atomic E-state index is -4.78. The van der Waals surface area contributed by atoms with E-state index in [-0.39, 0.29) is 5.69 Å². The monoisotopic (exact) mass is 309 g/mol. The summed E-state index contributed by atoms with van der Waals surface area (Å²) < 4.78 is 45.6. The molecule has 5 nitrogen and oxygen atoms in total. The summed E-state index contributed by atoms with van der Waals surface area (Å²) in [7, 11) is 1.50. The molecule has 2 aromatic heterocycles. The molecule has 3 aromatic rings. The molecule has 0 aliphatic rings. The first-order chi connectivity index (χ1) is 10.4. The maximum Gasteiger partial charge on any atom is 0.423 e. The topological polar surface area (TPSA) is 59.9 Å². The molecule has 0 aliphatic heterocycles. The molecule has 114 valence electrons. The second-order valence-electron chi connectivity index (χ2n) is 4.62. The van der Waals surface area contributed by atoms with Crippen molar-refractivity contribution in [2.45, 2.75) is 6.18 Å². The number of H-pyrrole nitrogens is 1. The van der Waals surface area contributed by atoms with Gasteiger partial charge in [-0.3, -0.25) is 4.79 Å². The third-order valence-corrected chi connectivity index (χ3v) is 3.25. The van der Waals surface area contributed by atoms with Crippen LogP contribution in [0.3, 0.4) is 0 Å². The predicted molar refractivity (Wildman–Crippen MR) is 73.2 cm³/mol. The average Bonchev–Trinajstić information content (AvgIpc) is 2.88. The van der Waals surface area contributed by atoms with Gasteiger partial charge in [0, 0.05) is 23.2 Å². The van der Waals surface area contributed by atoms with Crippen LogP contribution in [0.5, 0.6) is 5.75 Å². The second kappa shape index (κ2) is 4.90. The van der Waals surface area contributed by atoms with E-state index in [1.165, 1.54) is 24.1 Å². The molecule has 1 aromatic carbocycles. The third-order valence-electron chi connectivity index (χ3n) is 3.25. The van der Waals surface area contributed by atoms with Crippen LogP contribution in [0.25, 0.3) is 16.5 Å². The minimum absolute atomic E-state index is 0.327. The molecule has 22 heavy (non-hydrogen) atoms. The quantitative estimate of drug-likeness (QED) is 0.792. The number of hydrogen-bond donors (Lipinski definition) is 1. The standard InChI is InChI=1S/C14H10F3N3O2/c1-22-10-3-2-8-6-20(7-9(8)4-10)11-5-18-19-13(21)12(11)14(15,16)17/h2-7H,1H3,(H,19,21). The lowest BCUT2D eigenvalue weighted by atomic mass is 10.2. The van der Waals surface area contributed by atoms with Crippen LogP contribution in [0.15, 0.2) is 41.6 Å². The van der Waals surface area contributed by atoms with Crippen LogP contribution in [0.2, 0.25) is 0 Å². The first kappa shape index (κ1) is 14.2. The number of methoxy groups -OCH3 is 1. The Morgan fingerprint density at radius 2 is 1.95 bits per heavy atom. The summed E-state index contributed by atoms with van der Waals surface area (Å²) in [5, 5.41) is 6.67. The Balaban J connectivity index is 2.24. The molecule has 1 N–H and O–H groups in total. The number of aromatic nitrogens is 3. The molecule has 3 rings (SSSR count). The van der Waals surface area contributed by atoms with Crippen molar-refractivity contribution in [2.24, 2.45) is 0 Å². The molecular formula is C14H10F3N3O2. The summed E-state index contributed by atoms with van der Waals surface area (Å²) in [5.41, 5.74) is -2.89. The molecule has 0 spiro atoms. The highest BCUT2D eigenvalue weighted by Gasteiger charge is 2.37. The zero-order valence-electron chi connectivity index (χ0n) is 11.3. The zero-order chi connectivity index (χ0) is 15.9. The number of hydrogen-bond acceptors (Lipinski definition) is 3. The van der Waals surface area contributed by atoms with Gasteiger partial charge in [0.15, 0.2) is 0 Å².